The van der Waals surface area contributed by atoms with E-state index in [1.165, 1.54) is 23.9 Å². The molecule has 2 aliphatic rings. The highest BCUT2D eigenvalue weighted by Crippen LogP contribution is 2.45. The largest absolute Gasteiger partial charge is 0.501 e. The standard InChI is InChI=1S/C54H62ClF3N6O10PS3/c1-3-64-37(2)50(53(66)74-32-33-75(67,68)69)51(52(64)38-12-14-40(55)15-13-38)39-8-7-9-44(34-39)63-30-28-62(29-31-63)43-18-16-41(17-19-43)60-78(72,73)47-20-21-48(49(35-47)77(70,71)54(56,57)58)59-42(36-76-46-10-5-4-6-11-46)22-25-61-26-23-45(65)24-27-61/h4-21,34-35,42,45,59-60,65,67-69H,3,22-33,36H2,1-2H3/q+1/t42-/m1/s1. The number of rotatable bonds is 21. The van der Waals surface area contributed by atoms with E-state index >= 15 is 0 Å². The number of halogens is 4. The maximum absolute atomic E-state index is 14.3. The van der Waals surface area contributed by atoms with Crippen LogP contribution in [0.5, 0.6) is 0 Å². The van der Waals surface area contributed by atoms with Crippen LogP contribution in [0, 0.1) is 6.92 Å². The van der Waals surface area contributed by atoms with Crippen molar-refractivity contribution in [1.82, 2.24) is 9.47 Å². The van der Waals surface area contributed by atoms with Crippen molar-refractivity contribution in [2.75, 3.05) is 84.2 Å². The molecule has 1 aromatic heterocycles. The maximum atomic E-state index is 14.3. The number of sulfonamides is 1. The molecule has 8 rings (SSSR count). The number of sulfone groups is 1. The zero-order valence-electron chi connectivity index (χ0n) is 42.8. The molecule has 2 saturated heterocycles. The first-order valence-corrected chi connectivity index (χ1v) is 31.4. The molecule has 5 aromatic carbocycles. The lowest BCUT2D eigenvalue weighted by molar-refractivity contribution is -0.0436. The SMILES string of the molecule is CCn1c(C)c(C(=O)OCC[P+](O)(O)O)c(-c2cccc(N3CCN(c4ccc(NS(=O)(=O)c5ccc(N[C@H](CCN6CCC(O)CC6)CSc6ccccc6)c(S(=O)(=O)C(F)(F)F)c5)cc4)CC3)c2)c1-c1ccc(Cl)cc1. The van der Waals surface area contributed by atoms with Crippen LogP contribution in [0.1, 0.15) is 42.2 Å². The number of aliphatic hydroxyl groups is 1. The van der Waals surface area contributed by atoms with Gasteiger partial charge in [-0.3, -0.25) is 4.72 Å². The zero-order valence-corrected chi connectivity index (χ0v) is 46.9. The van der Waals surface area contributed by atoms with Gasteiger partial charge in [0.05, 0.1) is 27.9 Å². The van der Waals surface area contributed by atoms with E-state index in [0.29, 0.717) is 99.7 Å². The number of nitrogens with zero attached hydrogens (tertiary/aromatic N) is 4. The van der Waals surface area contributed by atoms with Crippen LogP contribution in [-0.4, -0.2) is 134 Å². The number of ether oxygens (including phenoxy) is 1. The fraction of sp³-hybridized carbons (Fsp3) is 0.352. The van der Waals surface area contributed by atoms with Gasteiger partial charge in [0.2, 0.25) is 0 Å². The summed E-state index contributed by atoms with van der Waals surface area (Å²) in [5, 5.41) is 13.6. The Hall–Kier alpha value is -5.39. The summed E-state index contributed by atoms with van der Waals surface area (Å²) in [4.78, 5) is 47.9. The topological polar surface area (TPSA) is 214 Å². The Balaban J connectivity index is 0.971. The summed E-state index contributed by atoms with van der Waals surface area (Å²) in [7, 11) is -14.8. The van der Waals surface area contributed by atoms with Crippen molar-refractivity contribution in [3.8, 4) is 22.4 Å². The average molecular weight is 1170 g/mol. The van der Waals surface area contributed by atoms with E-state index in [9.17, 15) is 54.6 Å². The number of esters is 1. The summed E-state index contributed by atoms with van der Waals surface area (Å²) in [5.74, 6) is -0.335. The van der Waals surface area contributed by atoms with Crippen molar-refractivity contribution in [1.29, 1.82) is 0 Å². The third kappa shape index (κ3) is 14.3. The molecular formula is C54H62ClF3N6O10PS3+. The highest BCUT2D eigenvalue weighted by Gasteiger charge is 2.48. The molecule has 2 fully saturated rings. The molecule has 0 bridgehead atoms. The Bertz CT molecular complexity index is 3270. The first-order chi connectivity index (χ1) is 37.0. The van der Waals surface area contributed by atoms with Crippen molar-refractivity contribution >= 4 is 79.9 Å². The van der Waals surface area contributed by atoms with Gasteiger partial charge in [0.25, 0.3) is 19.9 Å². The van der Waals surface area contributed by atoms with Gasteiger partial charge in [-0.05, 0) is 123 Å². The molecule has 0 unspecified atom stereocenters. The quantitative estimate of drug-likeness (QED) is 0.0225. The maximum Gasteiger partial charge on any atom is 0.501 e. The minimum atomic E-state index is -6.05. The third-order valence-electron chi connectivity index (χ3n) is 13.8. The van der Waals surface area contributed by atoms with Gasteiger partial charge < -0.3 is 34.4 Å². The second-order valence-corrected chi connectivity index (χ2v) is 26.1. The zero-order chi connectivity index (χ0) is 56.0. The fourth-order valence-electron chi connectivity index (χ4n) is 9.69. The first-order valence-electron chi connectivity index (χ1n) is 25.3. The van der Waals surface area contributed by atoms with Crippen LogP contribution < -0.4 is 19.8 Å². The van der Waals surface area contributed by atoms with Crippen LogP contribution >= 0.6 is 31.3 Å². The molecule has 3 heterocycles. The molecule has 24 heteroatoms. The number of aromatic nitrogens is 1. The van der Waals surface area contributed by atoms with Gasteiger partial charge in [-0.1, -0.05) is 54.1 Å². The Morgan fingerprint density at radius 2 is 1.47 bits per heavy atom. The van der Waals surface area contributed by atoms with Gasteiger partial charge in [0.1, 0.15) is 11.5 Å². The summed E-state index contributed by atoms with van der Waals surface area (Å²) >= 11 is 7.72. The number of alkyl halides is 3. The smallest absolute Gasteiger partial charge is 0.458 e. The number of anilines is 4. The van der Waals surface area contributed by atoms with E-state index in [1.54, 1.807) is 24.3 Å². The Morgan fingerprint density at radius 1 is 0.821 bits per heavy atom. The number of nitrogens with one attached hydrogen (secondary N) is 2. The number of carbonyl (C=O) groups excluding carboxylic acids is 1. The molecule has 2 aliphatic heterocycles. The van der Waals surface area contributed by atoms with Gasteiger partial charge in [-0.2, -0.15) is 27.9 Å². The number of hydrogen-bond acceptors (Lipinski definition) is 15. The average Bonchev–Trinajstić information content (AvgIpc) is 3.84. The van der Waals surface area contributed by atoms with Crippen LogP contribution in [0.25, 0.3) is 22.4 Å². The van der Waals surface area contributed by atoms with E-state index in [2.05, 4.69) is 24.7 Å². The number of piperidine rings is 1. The number of likely N-dealkylation sites (tertiary alicyclic amines) is 1. The Morgan fingerprint density at radius 3 is 2.10 bits per heavy atom. The predicted octanol–water partition coefficient (Wildman–Crippen LogP) is 9.54. The molecule has 0 amide bonds. The monoisotopic (exact) mass is 1170 g/mol. The van der Waals surface area contributed by atoms with Gasteiger partial charge >= 0.3 is 19.4 Å². The lowest BCUT2D eigenvalue weighted by atomic mass is 9.96. The van der Waals surface area contributed by atoms with Gasteiger partial charge in [-0.15, -0.1) is 11.8 Å². The van der Waals surface area contributed by atoms with E-state index < -0.39 is 74.0 Å². The lowest BCUT2D eigenvalue weighted by Gasteiger charge is -2.37. The molecule has 0 aliphatic carbocycles. The van der Waals surface area contributed by atoms with Crippen molar-refractivity contribution in [2.45, 2.75) is 72.0 Å². The number of thioether (sulfide) groups is 1. The molecule has 0 radical (unpaired) electrons. The van der Waals surface area contributed by atoms with E-state index in [-0.39, 0.29) is 16.9 Å². The van der Waals surface area contributed by atoms with Crippen LogP contribution in [-0.2, 0) is 31.1 Å². The molecule has 1 atom stereocenters. The summed E-state index contributed by atoms with van der Waals surface area (Å²) in [6.45, 7) is 7.94. The van der Waals surface area contributed by atoms with Crippen molar-refractivity contribution in [3.05, 3.63) is 138 Å². The fourth-order valence-corrected chi connectivity index (χ4v) is 13.2. The van der Waals surface area contributed by atoms with Crippen LogP contribution in [0.4, 0.5) is 35.9 Å². The second kappa shape index (κ2) is 25.0. The number of carbonyl (C=O) groups is 1. The predicted molar refractivity (Wildman–Crippen MR) is 302 cm³/mol. The van der Waals surface area contributed by atoms with Crippen molar-refractivity contribution in [3.63, 3.8) is 0 Å². The van der Waals surface area contributed by atoms with Crippen LogP contribution in [0.3, 0.4) is 0 Å². The summed E-state index contributed by atoms with van der Waals surface area (Å²) in [6.07, 6.45) is 0.682. The minimum Gasteiger partial charge on any atom is -0.458 e. The van der Waals surface area contributed by atoms with Crippen molar-refractivity contribution < 1.29 is 59.3 Å². The molecule has 418 valence electrons. The summed E-state index contributed by atoms with van der Waals surface area (Å²) in [5.41, 5.74) is -0.559. The summed E-state index contributed by atoms with van der Waals surface area (Å²) < 4.78 is 107. The molecule has 0 saturated carbocycles. The number of aliphatic hydroxyl groups excluding tert-OH is 1. The van der Waals surface area contributed by atoms with E-state index in [1.807, 2.05) is 85.1 Å². The third-order valence-corrected chi connectivity index (χ3v) is 18.9. The highest BCUT2D eigenvalue weighted by atomic mass is 35.5. The highest BCUT2D eigenvalue weighted by molar-refractivity contribution is 7.99. The molecule has 0 spiro atoms. The van der Waals surface area contributed by atoms with Gasteiger partial charge in [-0.25, -0.2) is 21.6 Å². The number of piperazine rings is 1. The lowest BCUT2D eigenvalue weighted by Crippen LogP contribution is -2.46. The Kier molecular flexibility index (Phi) is 18.8. The first kappa shape index (κ1) is 58.8. The normalized spacial score (nSPS) is 15.6. The summed E-state index contributed by atoms with van der Waals surface area (Å²) in [6, 6.07) is 33.0. The van der Waals surface area contributed by atoms with Crippen LogP contribution in [0.2, 0.25) is 5.02 Å². The second-order valence-electron chi connectivity index (χ2n) is 19.1. The molecular weight excluding hydrogens is 1110 g/mol. The van der Waals surface area contributed by atoms with E-state index in [0.717, 1.165) is 45.2 Å². The van der Waals surface area contributed by atoms with E-state index in [4.69, 9.17) is 16.3 Å². The molecule has 78 heavy (non-hydrogen) atoms. The van der Waals surface area contributed by atoms with Gasteiger partial charge in [0.15, 0.2) is 6.16 Å². The van der Waals surface area contributed by atoms with Gasteiger partial charge in [0, 0.05) is 102 Å². The van der Waals surface area contributed by atoms with Crippen LogP contribution in [0.15, 0.2) is 136 Å². The Labute approximate surface area is 462 Å². The molecule has 16 nitrogen and oxygen atoms in total. The molecule has 6 N–H and O–H groups in total. The minimum absolute atomic E-state index is 0.0954. The number of benzene rings is 5. The molecule has 6 aromatic rings. The number of hydrogen-bond donors (Lipinski definition) is 6. The van der Waals surface area contributed by atoms with Crippen molar-refractivity contribution in [2.24, 2.45) is 0 Å².